The second kappa shape index (κ2) is 9.07. The first-order chi connectivity index (χ1) is 12.7. The van der Waals surface area contributed by atoms with Gasteiger partial charge in [0.05, 0.1) is 0 Å². The highest BCUT2D eigenvalue weighted by atomic mass is 35.6. The molecule has 2 heterocycles. The normalized spacial score (nSPS) is 12.3. The van der Waals surface area contributed by atoms with Gasteiger partial charge in [-0.1, -0.05) is 40.9 Å². The fourth-order valence-electron chi connectivity index (χ4n) is 2.06. The molecule has 0 aromatic carbocycles. The zero-order valence-corrected chi connectivity index (χ0v) is 16.2. The summed E-state index contributed by atoms with van der Waals surface area (Å²) in [7, 11) is 0. The van der Waals surface area contributed by atoms with E-state index in [4.69, 9.17) is 39.5 Å². The first kappa shape index (κ1) is 21.0. The van der Waals surface area contributed by atoms with Crippen molar-refractivity contribution in [1.82, 2.24) is 19.9 Å². The Labute approximate surface area is 168 Å². The van der Waals surface area contributed by atoms with Gasteiger partial charge in [-0.05, 0) is 17.1 Å². The maximum atomic E-state index is 12.0. The van der Waals surface area contributed by atoms with Gasteiger partial charge in [-0.15, -0.1) is 0 Å². The number of carbonyl (C=O) groups excluding carboxylic acids is 1. The third-order valence-corrected chi connectivity index (χ3v) is 3.97. The summed E-state index contributed by atoms with van der Waals surface area (Å²) in [5.74, 6) is 0.591. The highest BCUT2D eigenvalue weighted by Crippen LogP contribution is 2.30. The number of rotatable bonds is 7. The summed E-state index contributed by atoms with van der Waals surface area (Å²) >= 11 is 17.6. The molecular weight excluding hydrogens is 423 g/mol. The van der Waals surface area contributed by atoms with Crippen molar-refractivity contribution >= 4 is 52.5 Å². The Morgan fingerprint density at radius 3 is 2.74 bits per heavy atom. The summed E-state index contributed by atoms with van der Waals surface area (Å²) in [6.45, 7) is 1.49. The van der Waals surface area contributed by atoms with Crippen molar-refractivity contribution in [1.29, 1.82) is 0 Å². The Morgan fingerprint density at radius 1 is 1.41 bits per heavy atom. The number of pyridine rings is 1. The molecule has 0 spiro atoms. The van der Waals surface area contributed by atoms with Crippen LogP contribution in [0.25, 0.3) is 0 Å². The minimum atomic E-state index is -1.89. The van der Waals surface area contributed by atoms with Crippen molar-refractivity contribution in [2.75, 3.05) is 11.9 Å². The van der Waals surface area contributed by atoms with Crippen molar-refractivity contribution < 1.29 is 14.5 Å². The second-order valence-corrected chi connectivity index (χ2v) is 7.56. The van der Waals surface area contributed by atoms with E-state index in [1.807, 2.05) is 0 Å². The van der Waals surface area contributed by atoms with Gasteiger partial charge in [0.2, 0.25) is 3.79 Å². The number of alkyl halides is 3. The van der Waals surface area contributed by atoms with E-state index in [1.165, 1.54) is 10.8 Å². The van der Waals surface area contributed by atoms with Crippen molar-refractivity contribution in [3.05, 3.63) is 46.5 Å². The quantitative estimate of drug-likeness (QED) is 0.295. The van der Waals surface area contributed by atoms with Crippen LogP contribution in [0.15, 0.2) is 30.6 Å². The average molecular weight is 438 g/mol. The van der Waals surface area contributed by atoms with Gasteiger partial charge in [-0.3, -0.25) is 5.32 Å². The van der Waals surface area contributed by atoms with Crippen LogP contribution < -0.4 is 10.6 Å². The van der Waals surface area contributed by atoms with Crippen molar-refractivity contribution in [3.63, 3.8) is 0 Å². The van der Waals surface area contributed by atoms with Crippen LogP contribution in [-0.4, -0.2) is 42.1 Å². The summed E-state index contributed by atoms with van der Waals surface area (Å²) in [4.78, 5) is 30.2. The lowest BCUT2D eigenvalue weighted by molar-refractivity contribution is -0.392. The van der Waals surface area contributed by atoms with Gasteiger partial charge in [0.1, 0.15) is 25.2 Å². The van der Waals surface area contributed by atoms with Crippen LogP contribution in [0.2, 0.25) is 0 Å². The highest BCUT2D eigenvalue weighted by Gasteiger charge is 2.34. The van der Waals surface area contributed by atoms with E-state index >= 15 is 0 Å². The van der Waals surface area contributed by atoms with E-state index in [0.717, 1.165) is 6.20 Å². The molecule has 0 saturated carbocycles. The summed E-state index contributed by atoms with van der Waals surface area (Å²) in [5, 5.41) is 16.1. The summed E-state index contributed by atoms with van der Waals surface area (Å²) < 4.78 is 4.43. The number of amides is 1. The van der Waals surface area contributed by atoms with Crippen LogP contribution in [0, 0.1) is 17.0 Å². The van der Waals surface area contributed by atoms with Gasteiger partial charge >= 0.3 is 11.9 Å². The fourth-order valence-corrected chi connectivity index (χ4v) is 2.39. The number of ether oxygens (including phenoxy) is 1. The minimum Gasteiger partial charge on any atom is -0.445 e. The van der Waals surface area contributed by atoms with Gasteiger partial charge in [-0.2, -0.15) is 0 Å². The Bertz CT molecular complexity index is 796. The largest absolute Gasteiger partial charge is 0.445 e. The number of alkyl carbamates (subject to hydrolysis) is 1. The van der Waals surface area contributed by atoms with Crippen LogP contribution >= 0.6 is 34.8 Å². The van der Waals surface area contributed by atoms with Crippen LogP contribution in [-0.2, 0) is 11.3 Å². The lowest BCUT2D eigenvalue weighted by atomic mass is 10.4. The lowest BCUT2D eigenvalue weighted by Crippen LogP contribution is -2.49. The molecule has 13 heteroatoms. The van der Waals surface area contributed by atoms with E-state index in [9.17, 15) is 14.9 Å². The number of anilines is 1. The van der Waals surface area contributed by atoms with Gasteiger partial charge in [0.25, 0.3) is 0 Å². The molecule has 0 radical (unpaired) electrons. The van der Waals surface area contributed by atoms with Crippen molar-refractivity contribution in [2.45, 2.75) is 23.4 Å². The molecule has 2 aromatic heterocycles. The third-order valence-electron chi connectivity index (χ3n) is 3.32. The molecule has 2 rings (SSSR count). The standard InChI is InChI=1S/C14H15Cl3N6O4/c1-9-19-8-11(23(25)26)22(9)6-7-27-13(24)21-12(14(15,16)17)20-10-4-2-3-5-18-10/h2-5,8,12H,6-7H2,1H3,(H,18,20)(H,21,24). The van der Waals surface area contributed by atoms with Crippen LogP contribution in [0.3, 0.4) is 0 Å². The Kier molecular flexibility index (Phi) is 7.05. The zero-order chi connectivity index (χ0) is 20.0. The number of halogens is 3. The summed E-state index contributed by atoms with van der Waals surface area (Å²) in [5.41, 5.74) is 0. The SMILES string of the molecule is Cc1ncc([N+](=O)[O-])n1CCOC(=O)NC(Nc1ccccn1)C(Cl)(Cl)Cl. The molecule has 0 fully saturated rings. The molecule has 146 valence electrons. The number of nitrogens with one attached hydrogen (secondary N) is 2. The summed E-state index contributed by atoms with van der Waals surface area (Å²) in [6.07, 6.45) is 0.644. The van der Waals surface area contributed by atoms with Gasteiger partial charge in [-0.25, -0.2) is 19.3 Å². The fraction of sp³-hybridized carbons (Fsp3) is 0.357. The topological polar surface area (TPSA) is 124 Å². The number of nitro groups is 1. The molecule has 0 saturated heterocycles. The molecule has 1 unspecified atom stereocenters. The predicted octanol–water partition coefficient (Wildman–Crippen LogP) is 3.03. The van der Waals surface area contributed by atoms with Crippen LogP contribution in [0.4, 0.5) is 16.4 Å². The van der Waals surface area contributed by atoms with E-state index in [1.54, 1.807) is 25.1 Å². The van der Waals surface area contributed by atoms with E-state index in [0.29, 0.717) is 11.6 Å². The smallest absolute Gasteiger partial charge is 0.409 e. The molecule has 27 heavy (non-hydrogen) atoms. The first-order valence-electron chi connectivity index (χ1n) is 7.52. The molecule has 1 amide bonds. The maximum absolute atomic E-state index is 12.0. The number of hydrogen-bond acceptors (Lipinski definition) is 7. The Morgan fingerprint density at radius 2 is 2.15 bits per heavy atom. The predicted molar refractivity (Wildman–Crippen MR) is 100 cm³/mol. The molecule has 0 aliphatic rings. The van der Waals surface area contributed by atoms with Crippen LogP contribution in [0.5, 0.6) is 0 Å². The van der Waals surface area contributed by atoms with E-state index < -0.39 is 21.0 Å². The number of hydrogen-bond donors (Lipinski definition) is 2. The Balaban J connectivity index is 1.92. The van der Waals surface area contributed by atoms with Crippen LogP contribution in [0.1, 0.15) is 5.82 Å². The van der Waals surface area contributed by atoms with E-state index in [-0.39, 0.29) is 19.0 Å². The molecule has 0 aliphatic carbocycles. The molecule has 1 atom stereocenters. The maximum Gasteiger partial charge on any atom is 0.409 e. The number of nitrogens with zero attached hydrogens (tertiary/aromatic N) is 4. The first-order valence-corrected chi connectivity index (χ1v) is 8.66. The number of aryl methyl sites for hydroxylation is 1. The minimum absolute atomic E-state index is 0.0433. The zero-order valence-electron chi connectivity index (χ0n) is 13.9. The van der Waals surface area contributed by atoms with Gasteiger partial charge in [0.15, 0.2) is 12.0 Å². The van der Waals surface area contributed by atoms with Crippen molar-refractivity contribution in [3.8, 4) is 0 Å². The average Bonchev–Trinajstić information content (AvgIpc) is 2.95. The highest BCUT2D eigenvalue weighted by molar-refractivity contribution is 6.68. The molecule has 10 nitrogen and oxygen atoms in total. The number of aromatic nitrogens is 3. The number of imidazole rings is 1. The molecule has 0 aliphatic heterocycles. The third kappa shape index (κ3) is 6.12. The Hall–Kier alpha value is -2.30. The van der Waals surface area contributed by atoms with E-state index in [2.05, 4.69) is 20.6 Å². The number of carbonyl (C=O) groups is 1. The molecule has 2 N–H and O–H groups in total. The monoisotopic (exact) mass is 436 g/mol. The second-order valence-electron chi connectivity index (χ2n) is 5.19. The summed E-state index contributed by atoms with van der Waals surface area (Å²) in [6, 6.07) is 5.04. The molecule has 0 bridgehead atoms. The van der Waals surface area contributed by atoms with Gasteiger partial charge < -0.3 is 20.2 Å². The van der Waals surface area contributed by atoms with Gasteiger partial charge in [0, 0.05) is 13.1 Å². The lowest BCUT2D eigenvalue weighted by Gasteiger charge is -2.26. The molecule has 2 aromatic rings. The van der Waals surface area contributed by atoms with Crippen molar-refractivity contribution in [2.24, 2.45) is 0 Å². The molecular formula is C14H15Cl3N6O4.